The number of pyridine rings is 1. The Hall–Kier alpha value is -3.41. The minimum absolute atomic E-state index is 0.0416. The van der Waals surface area contributed by atoms with Gasteiger partial charge >= 0.3 is 6.18 Å². The Kier molecular flexibility index (Phi) is 10.4. The Bertz CT molecular complexity index is 1850. The molecule has 0 aliphatic carbocycles. The van der Waals surface area contributed by atoms with Crippen LogP contribution in [0.25, 0.3) is 11.1 Å². The summed E-state index contributed by atoms with van der Waals surface area (Å²) in [5.41, 5.74) is 0.423. The molecule has 0 fully saturated rings. The van der Waals surface area contributed by atoms with E-state index in [0.29, 0.717) is 30.6 Å². The summed E-state index contributed by atoms with van der Waals surface area (Å²) in [7, 11) is -4.56. The molecule has 17 heteroatoms. The molecule has 0 aromatic carbocycles. The Morgan fingerprint density at radius 3 is 2.61 bits per heavy atom. The normalized spacial score (nSPS) is 15.1. The van der Waals surface area contributed by atoms with Crippen LogP contribution in [0.1, 0.15) is 51.0 Å². The third-order valence-corrected chi connectivity index (χ3v) is 9.63. The number of halogens is 3. The Morgan fingerprint density at radius 1 is 1.20 bits per heavy atom. The van der Waals surface area contributed by atoms with Crippen molar-refractivity contribution in [1.82, 2.24) is 9.88 Å². The highest BCUT2D eigenvalue weighted by Crippen LogP contribution is 2.50. The lowest BCUT2D eigenvalue weighted by molar-refractivity contribution is -0.699. The molecule has 2 amide bonds. The second-order valence-corrected chi connectivity index (χ2v) is 13.3. The maximum atomic E-state index is 13.6. The summed E-state index contributed by atoms with van der Waals surface area (Å²) in [6.07, 6.45) is 0.140. The van der Waals surface area contributed by atoms with Gasteiger partial charge in [-0.15, -0.1) is 11.3 Å². The van der Waals surface area contributed by atoms with E-state index >= 15 is 0 Å². The third-order valence-electron chi connectivity index (χ3n) is 6.50. The summed E-state index contributed by atoms with van der Waals surface area (Å²) in [6, 6.07) is 6.33. The fraction of sp³-hybridized carbons (Fsp3) is 0.407. The van der Waals surface area contributed by atoms with E-state index in [9.17, 15) is 40.5 Å². The molecule has 1 aliphatic heterocycles. The smallest absolute Gasteiger partial charge is 0.449 e. The molecule has 0 spiro atoms. The first-order chi connectivity index (χ1) is 20.7. The van der Waals surface area contributed by atoms with E-state index < -0.39 is 33.7 Å². The Morgan fingerprint density at radius 2 is 1.95 bits per heavy atom. The number of nitrogens with one attached hydrogen (secondary N) is 1. The summed E-state index contributed by atoms with van der Waals surface area (Å²) < 4.78 is 82.9. The zero-order valence-electron chi connectivity index (χ0n) is 23.7. The van der Waals surface area contributed by atoms with Crippen molar-refractivity contribution in [1.29, 1.82) is 0 Å². The predicted molar refractivity (Wildman–Crippen MR) is 156 cm³/mol. The molecule has 0 radical (unpaired) electrons. The van der Waals surface area contributed by atoms with Crippen molar-refractivity contribution >= 4 is 61.8 Å². The summed E-state index contributed by atoms with van der Waals surface area (Å²) >= 11 is 1.97. The van der Waals surface area contributed by atoms with Crippen LogP contribution in [-0.2, 0) is 39.0 Å². The molecule has 238 valence electrons. The highest BCUT2D eigenvalue weighted by Gasteiger charge is 2.40. The molecule has 3 aromatic heterocycles. The highest BCUT2D eigenvalue weighted by atomic mass is 32.2. The largest absolute Gasteiger partial charge is 0.748 e. The number of thiazole rings is 1. The van der Waals surface area contributed by atoms with Gasteiger partial charge in [-0.2, -0.15) is 17.7 Å². The lowest BCUT2D eigenvalue weighted by Crippen LogP contribution is -2.38. The van der Waals surface area contributed by atoms with Crippen molar-refractivity contribution < 1.29 is 44.7 Å². The Labute approximate surface area is 258 Å². The number of amides is 2. The number of hydrogen-bond donors (Lipinski definition) is 1. The maximum absolute atomic E-state index is 13.6. The zero-order chi connectivity index (χ0) is 32.2. The number of aryl methyl sites for hydroxylation is 1. The van der Waals surface area contributed by atoms with Crippen LogP contribution in [0.4, 0.5) is 18.9 Å². The molecule has 0 atom stereocenters. The van der Waals surface area contributed by atoms with E-state index in [1.165, 1.54) is 16.4 Å². The molecule has 1 aliphatic rings. The van der Waals surface area contributed by atoms with Gasteiger partial charge in [0.05, 0.1) is 15.8 Å². The number of fused-ring (bicyclic) bond motifs is 1. The second kappa shape index (κ2) is 13.7. The number of hydrogen-bond acceptors (Lipinski definition) is 10. The number of imide groups is 1. The summed E-state index contributed by atoms with van der Waals surface area (Å²) in [4.78, 5) is 37.8. The van der Waals surface area contributed by atoms with Crippen molar-refractivity contribution in [2.45, 2.75) is 63.9 Å². The minimum Gasteiger partial charge on any atom is -0.748 e. The number of anilines is 1. The van der Waals surface area contributed by atoms with Crippen LogP contribution in [0.2, 0.25) is 0 Å². The third kappa shape index (κ3) is 8.19. The van der Waals surface area contributed by atoms with Crippen molar-refractivity contribution in [3.63, 3.8) is 0 Å². The molecule has 0 bridgehead atoms. The summed E-state index contributed by atoms with van der Waals surface area (Å²) in [5.74, 6) is -2.71. The number of rotatable bonds is 11. The average Bonchev–Trinajstić information content (AvgIpc) is 3.57. The lowest BCUT2D eigenvalue weighted by atomic mass is 10.2. The molecule has 3 aromatic rings. The summed E-state index contributed by atoms with van der Waals surface area (Å²) in [5, 5.41) is 2.44. The van der Waals surface area contributed by atoms with Crippen molar-refractivity contribution in [2.75, 3.05) is 17.2 Å². The van der Waals surface area contributed by atoms with Gasteiger partial charge in [0.2, 0.25) is 23.3 Å². The van der Waals surface area contributed by atoms with E-state index in [2.05, 4.69) is 5.32 Å². The van der Waals surface area contributed by atoms with Crippen molar-refractivity contribution in [3.05, 3.63) is 61.5 Å². The first-order valence-electron chi connectivity index (χ1n) is 13.5. The molecule has 0 saturated carbocycles. The van der Waals surface area contributed by atoms with Gasteiger partial charge in [0.15, 0.2) is 11.3 Å². The SMILES string of the molecule is CCn1c(=O)/c(=C2/Sc3oc(C(F)(F)F)cc3N2CCCS(=O)(=O)[O-])s/c1=C/c1cccc[n+]1CCCCC(=O)NC(C)=O. The van der Waals surface area contributed by atoms with Crippen LogP contribution in [-0.4, -0.2) is 41.6 Å². The highest BCUT2D eigenvalue weighted by molar-refractivity contribution is 8.08. The van der Waals surface area contributed by atoms with Crippen LogP contribution in [0, 0.1) is 0 Å². The molecule has 1 N–H and O–H groups in total. The lowest BCUT2D eigenvalue weighted by Gasteiger charge is -2.19. The number of thioether (sulfide) groups is 1. The predicted octanol–water partition coefficient (Wildman–Crippen LogP) is 2.10. The molecule has 0 saturated heterocycles. The first-order valence-corrected chi connectivity index (χ1v) is 16.7. The number of aromatic nitrogens is 2. The van der Waals surface area contributed by atoms with Gasteiger partial charge < -0.3 is 13.9 Å². The number of furan rings is 1. The zero-order valence-corrected chi connectivity index (χ0v) is 26.1. The van der Waals surface area contributed by atoms with Gasteiger partial charge in [-0.1, -0.05) is 0 Å². The maximum Gasteiger partial charge on any atom is 0.449 e. The van der Waals surface area contributed by atoms with Crippen LogP contribution < -0.4 is 29.5 Å². The molecule has 4 rings (SSSR count). The standard InChI is InChI=1S/C27H29F3N4O7S3/c1-3-33-22(15-18-9-4-6-11-32(18)12-7-5-10-21(36)31-17(2)35)42-23(24(33)37)25-34(13-8-14-44(38,39)40)19-16-20(27(28,29)30)41-26(19)43-25/h4,6,9,11,15-16H,3,5,7-8,10,12-14H2,1-2H3,(H-,31,35,36,38,39,40)/b25-23-. The van der Waals surface area contributed by atoms with Gasteiger partial charge in [-0.25, -0.2) is 8.42 Å². The minimum atomic E-state index is -4.75. The first kappa shape index (κ1) is 33.5. The van der Waals surface area contributed by atoms with Gasteiger partial charge in [-0.05, 0) is 37.6 Å². The molecular formula is C27H29F3N4O7S3. The fourth-order valence-corrected chi connectivity index (χ4v) is 7.45. The van der Waals surface area contributed by atoms with Crippen molar-refractivity contribution in [2.24, 2.45) is 0 Å². The average molecular weight is 675 g/mol. The van der Waals surface area contributed by atoms with E-state index in [4.69, 9.17) is 4.42 Å². The molecule has 4 heterocycles. The quantitative estimate of drug-likeness (QED) is 0.184. The molecule has 0 unspecified atom stereocenters. The number of unbranched alkanes of at least 4 members (excludes halogenated alkanes) is 1. The van der Waals surface area contributed by atoms with E-state index in [1.54, 1.807) is 6.92 Å². The molecular weight excluding hydrogens is 646 g/mol. The monoisotopic (exact) mass is 674 g/mol. The van der Waals surface area contributed by atoms with Crippen molar-refractivity contribution in [3.8, 4) is 0 Å². The number of carbonyl (C=O) groups is 2. The van der Waals surface area contributed by atoms with Crippen LogP contribution in [0.3, 0.4) is 0 Å². The Balaban J connectivity index is 1.70. The van der Waals surface area contributed by atoms with E-state index in [-0.39, 0.29) is 51.2 Å². The van der Waals surface area contributed by atoms with Crippen LogP contribution in [0.15, 0.2) is 44.8 Å². The molecule has 44 heavy (non-hydrogen) atoms. The number of nitrogens with zero attached hydrogens (tertiary/aromatic N) is 3. The van der Waals surface area contributed by atoms with E-state index in [1.807, 2.05) is 35.0 Å². The van der Waals surface area contributed by atoms with Gasteiger partial charge in [0, 0.05) is 62.9 Å². The topological polar surface area (TPSA) is 146 Å². The van der Waals surface area contributed by atoms with Gasteiger partial charge in [0.1, 0.15) is 20.8 Å². The fourth-order valence-electron chi connectivity index (χ4n) is 4.55. The van der Waals surface area contributed by atoms with Gasteiger partial charge in [0.25, 0.3) is 5.56 Å². The van der Waals surface area contributed by atoms with Crippen LogP contribution >= 0.6 is 23.1 Å². The second-order valence-electron chi connectivity index (χ2n) is 9.80. The van der Waals surface area contributed by atoms with Gasteiger partial charge in [-0.3, -0.25) is 24.3 Å². The van der Waals surface area contributed by atoms with E-state index in [0.717, 1.165) is 34.9 Å². The molecule has 11 nitrogen and oxygen atoms in total. The summed E-state index contributed by atoms with van der Waals surface area (Å²) in [6.45, 7) is 3.78. The number of alkyl halides is 3. The number of carbonyl (C=O) groups excluding carboxylic acids is 2. The van der Waals surface area contributed by atoms with Crippen LogP contribution in [0.5, 0.6) is 0 Å².